The summed E-state index contributed by atoms with van der Waals surface area (Å²) in [6.07, 6.45) is 4.14. The molecule has 1 aliphatic rings. The predicted molar refractivity (Wildman–Crippen MR) is 39.5 cm³/mol. The SMILES string of the molecule is O=C(O)C1=CC=CC(Cl)C1=O. The van der Waals surface area contributed by atoms with Crippen molar-refractivity contribution in [2.24, 2.45) is 0 Å². The van der Waals surface area contributed by atoms with Gasteiger partial charge in [-0.15, -0.1) is 11.6 Å². The third-order valence-electron chi connectivity index (χ3n) is 1.29. The minimum absolute atomic E-state index is 0.257. The molecule has 0 radical (unpaired) electrons. The summed E-state index contributed by atoms with van der Waals surface area (Å²) < 4.78 is 0. The van der Waals surface area contributed by atoms with Gasteiger partial charge in [0.05, 0.1) is 0 Å². The van der Waals surface area contributed by atoms with Gasteiger partial charge in [0, 0.05) is 0 Å². The van der Waals surface area contributed by atoms with Crippen LogP contribution in [0.4, 0.5) is 0 Å². The van der Waals surface area contributed by atoms with E-state index < -0.39 is 17.1 Å². The first-order valence-corrected chi connectivity index (χ1v) is 3.36. The minimum atomic E-state index is -1.23. The van der Waals surface area contributed by atoms with E-state index in [2.05, 4.69) is 0 Å². The molecular formula is C7H5ClO3. The quantitative estimate of drug-likeness (QED) is 0.469. The highest BCUT2D eigenvalue weighted by Gasteiger charge is 2.24. The maximum absolute atomic E-state index is 10.9. The molecule has 1 atom stereocenters. The molecule has 3 nitrogen and oxygen atoms in total. The number of carboxylic acids is 1. The van der Waals surface area contributed by atoms with Crippen LogP contribution in [-0.4, -0.2) is 22.2 Å². The lowest BCUT2D eigenvalue weighted by Crippen LogP contribution is -2.22. The lowest BCUT2D eigenvalue weighted by Gasteiger charge is -2.06. The summed E-state index contributed by atoms with van der Waals surface area (Å²) in [5.74, 6) is -1.79. The number of rotatable bonds is 1. The Bertz CT molecular complexity index is 265. The molecule has 0 aromatic carbocycles. The lowest BCUT2D eigenvalue weighted by molar-refractivity contribution is -0.134. The number of aliphatic carboxylic acids is 1. The molecule has 0 spiro atoms. The minimum Gasteiger partial charge on any atom is -0.478 e. The standard InChI is InChI=1S/C7H5ClO3/c8-5-3-1-2-4(6(5)9)7(10)11/h1-3,5H,(H,10,11). The van der Waals surface area contributed by atoms with Gasteiger partial charge in [-0.2, -0.15) is 0 Å². The van der Waals surface area contributed by atoms with Crippen molar-refractivity contribution in [1.82, 2.24) is 0 Å². The smallest absolute Gasteiger partial charge is 0.339 e. The van der Waals surface area contributed by atoms with Crippen LogP contribution in [0.1, 0.15) is 0 Å². The Morgan fingerprint density at radius 1 is 1.64 bits per heavy atom. The van der Waals surface area contributed by atoms with Gasteiger partial charge in [-0.05, 0) is 6.08 Å². The van der Waals surface area contributed by atoms with Crippen molar-refractivity contribution in [2.75, 3.05) is 0 Å². The van der Waals surface area contributed by atoms with Gasteiger partial charge >= 0.3 is 5.97 Å². The molecule has 1 unspecified atom stereocenters. The largest absolute Gasteiger partial charge is 0.478 e. The van der Waals surface area contributed by atoms with Crippen molar-refractivity contribution in [3.8, 4) is 0 Å². The molecule has 1 aliphatic carbocycles. The van der Waals surface area contributed by atoms with Crippen molar-refractivity contribution >= 4 is 23.4 Å². The highest BCUT2D eigenvalue weighted by atomic mass is 35.5. The van der Waals surface area contributed by atoms with Crippen LogP contribution in [0, 0.1) is 0 Å². The Morgan fingerprint density at radius 3 is 2.73 bits per heavy atom. The highest BCUT2D eigenvalue weighted by Crippen LogP contribution is 2.13. The number of carboxylic acid groups (broad SMARTS) is 1. The molecule has 1 N–H and O–H groups in total. The van der Waals surface area contributed by atoms with Crippen LogP contribution in [0.2, 0.25) is 0 Å². The van der Waals surface area contributed by atoms with E-state index in [0.29, 0.717) is 0 Å². The van der Waals surface area contributed by atoms with Crippen LogP contribution >= 0.6 is 11.6 Å². The van der Waals surface area contributed by atoms with Gasteiger partial charge in [0.15, 0.2) is 5.78 Å². The molecule has 0 aromatic heterocycles. The fraction of sp³-hybridized carbons (Fsp3) is 0.143. The first kappa shape index (κ1) is 8.01. The predicted octanol–water partition coefficient (Wildman–Crippen LogP) is 0.744. The van der Waals surface area contributed by atoms with Gasteiger partial charge in [-0.25, -0.2) is 4.79 Å². The van der Waals surface area contributed by atoms with Crippen molar-refractivity contribution in [3.05, 3.63) is 23.8 Å². The van der Waals surface area contributed by atoms with Crippen LogP contribution in [0.25, 0.3) is 0 Å². The summed E-state index contributed by atoms with van der Waals surface area (Å²) in [6.45, 7) is 0. The van der Waals surface area contributed by atoms with Gasteiger partial charge < -0.3 is 5.11 Å². The van der Waals surface area contributed by atoms with E-state index in [0.717, 1.165) is 0 Å². The fourth-order valence-corrected chi connectivity index (χ4v) is 0.946. The van der Waals surface area contributed by atoms with Crippen LogP contribution in [0.3, 0.4) is 0 Å². The molecule has 0 fully saturated rings. The van der Waals surface area contributed by atoms with E-state index in [1.54, 1.807) is 0 Å². The van der Waals surface area contributed by atoms with Gasteiger partial charge in [-0.1, -0.05) is 12.2 Å². The summed E-state index contributed by atoms with van der Waals surface area (Å²) in [5.41, 5.74) is -0.257. The molecule has 58 valence electrons. The number of halogens is 1. The Labute approximate surface area is 68.0 Å². The molecule has 0 bridgehead atoms. The average Bonchev–Trinajstić information content (AvgIpc) is 1.94. The van der Waals surface area contributed by atoms with E-state index in [1.165, 1.54) is 18.2 Å². The first-order chi connectivity index (χ1) is 5.13. The summed E-state index contributed by atoms with van der Waals surface area (Å²) in [6, 6.07) is 0. The highest BCUT2D eigenvalue weighted by molar-refractivity contribution is 6.39. The van der Waals surface area contributed by atoms with Crippen LogP contribution < -0.4 is 0 Å². The van der Waals surface area contributed by atoms with E-state index in [-0.39, 0.29) is 5.57 Å². The van der Waals surface area contributed by atoms with Crippen molar-refractivity contribution < 1.29 is 14.7 Å². The van der Waals surface area contributed by atoms with E-state index >= 15 is 0 Å². The van der Waals surface area contributed by atoms with Crippen molar-refractivity contribution in [1.29, 1.82) is 0 Å². The second-order valence-electron chi connectivity index (χ2n) is 2.04. The summed E-state index contributed by atoms with van der Waals surface area (Å²) >= 11 is 5.47. The number of carbonyl (C=O) groups excluding carboxylic acids is 1. The molecular weight excluding hydrogens is 168 g/mol. The molecule has 4 heteroatoms. The number of ketones is 1. The normalized spacial score (nSPS) is 23.2. The maximum Gasteiger partial charge on any atom is 0.339 e. The Hall–Kier alpha value is -1.09. The molecule has 0 heterocycles. The van der Waals surface area contributed by atoms with Gasteiger partial charge in [0.2, 0.25) is 0 Å². The molecule has 0 saturated heterocycles. The number of hydrogen-bond donors (Lipinski definition) is 1. The topological polar surface area (TPSA) is 54.4 Å². The Balaban J connectivity index is 2.96. The Morgan fingerprint density at radius 2 is 2.27 bits per heavy atom. The van der Waals surface area contributed by atoms with E-state index in [9.17, 15) is 9.59 Å². The first-order valence-electron chi connectivity index (χ1n) is 2.93. The molecule has 1 rings (SSSR count). The van der Waals surface area contributed by atoms with E-state index in [4.69, 9.17) is 16.7 Å². The molecule has 0 amide bonds. The van der Waals surface area contributed by atoms with Gasteiger partial charge in [-0.3, -0.25) is 4.79 Å². The van der Waals surface area contributed by atoms with Crippen LogP contribution in [0.5, 0.6) is 0 Å². The zero-order valence-electron chi connectivity index (χ0n) is 5.45. The Kier molecular flexibility index (Phi) is 2.10. The number of hydrogen-bond acceptors (Lipinski definition) is 2. The average molecular weight is 173 g/mol. The monoisotopic (exact) mass is 172 g/mol. The van der Waals surface area contributed by atoms with Crippen LogP contribution in [0.15, 0.2) is 23.8 Å². The number of alkyl halides is 1. The summed E-state index contributed by atoms with van der Waals surface area (Å²) in [4.78, 5) is 21.3. The second kappa shape index (κ2) is 2.88. The number of carbonyl (C=O) groups is 2. The van der Waals surface area contributed by atoms with Crippen molar-refractivity contribution in [2.45, 2.75) is 5.38 Å². The molecule has 0 aromatic rings. The van der Waals surface area contributed by atoms with Crippen molar-refractivity contribution in [3.63, 3.8) is 0 Å². The maximum atomic E-state index is 10.9. The van der Waals surface area contributed by atoms with Gasteiger partial charge in [0.1, 0.15) is 11.0 Å². The summed E-state index contributed by atoms with van der Waals surface area (Å²) in [5, 5.41) is 7.62. The number of allylic oxidation sites excluding steroid dienone is 3. The second-order valence-corrected chi connectivity index (χ2v) is 2.51. The molecule has 0 aliphatic heterocycles. The fourth-order valence-electron chi connectivity index (χ4n) is 0.744. The van der Waals surface area contributed by atoms with E-state index in [1.807, 2.05) is 0 Å². The zero-order chi connectivity index (χ0) is 8.43. The third kappa shape index (κ3) is 1.49. The molecule has 0 saturated carbocycles. The number of Topliss-reactive ketones (excluding diaryl/α,β-unsaturated/α-hetero) is 1. The summed E-state index contributed by atoms with van der Waals surface area (Å²) in [7, 11) is 0. The third-order valence-corrected chi connectivity index (χ3v) is 1.63. The lowest BCUT2D eigenvalue weighted by atomic mass is 10.0. The van der Waals surface area contributed by atoms with Crippen LogP contribution in [-0.2, 0) is 9.59 Å². The molecule has 11 heavy (non-hydrogen) atoms. The zero-order valence-corrected chi connectivity index (χ0v) is 6.21. The van der Waals surface area contributed by atoms with Gasteiger partial charge in [0.25, 0.3) is 0 Å².